The topological polar surface area (TPSA) is 127 Å². The highest BCUT2D eigenvalue weighted by atomic mass is 16.5. The monoisotopic (exact) mass is 451 g/mol. The number of allylic oxidation sites excluding steroid dienone is 1. The number of ketones is 1. The van der Waals surface area contributed by atoms with Gasteiger partial charge < -0.3 is 24.3 Å². The lowest BCUT2D eigenvalue weighted by Crippen LogP contribution is -2.33. The number of fused-ring (bicyclic) bond motifs is 1. The zero-order chi connectivity index (χ0) is 23.5. The van der Waals surface area contributed by atoms with E-state index in [-0.39, 0.29) is 17.2 Å². The van der Waals surface area contributed by atoms with E-state index >= 15 is 0 Å². The standard InChI is InChI=1S/C22H21N5O6/c1-30-13-7-5-12(6-8-13)20(28)17-18(21(29)33-4)23-22-24-25-26-27(22)19(17)15-11-14(31-2)9-10-16(15)32-3/h5-11,19H,1-4H3,(H,23,24,26)/t19-/m1/s1. The summed E-state index contributed by atoms with van der Waals surface area (Å²) in [5.41, 5.74) is 0.858. The summed E-state index contributed by atoms with van der Waals surface area (Å²) in [5, 5.41) is 14.5. The molecule has 1 aliphatic rings. The zero-order valence-corrected chi connectivity index (χ0v) is 18.4. The van der Waals surface area contributed by atoms with Gasteiger partial charge in [0.2, 0.25) is 5.95 Å². The van der Waals surface area contributed by atoms with E-state index in [0.29, 0.717) is 28.4 Å². The molecule has 11 nitrogen and oxygen atoms in total. The molecule has 1 atom stereocenters. The number of methoxy groups -OCH3 is 4. The molecule has 0 radical (unpaired) electrons. The molecule has 4 rings (SSSR count). The molecule has 3 aromatic rings. The van der Waals surface area contributed by atoms with Gasteiger partial charge in [0.05, 0.1) is 34.0 Å². The number of anilines is 1. The molecule has 1 N–H and O–H groups in total. The predicted molar refractivity (Wildman–Crippen MR) is 115 cm³/mol. The Morgan fingerprint density at radius 1 is 0.939 bits per heavy atom. The van der Waals surface area contributed by atoms with Crippen molar-refractivity contribution in [1.29, 1.82) is 0 Å². The highest BCUT2D eigenvalue weighted by Crippen LogP contribution is 2.41. The van der Waals surface area contributed by atoms with E-state index in [4.69, 9.17) is 18.9 Å². The Balaban J connectivity index is 1.98. The fourth-order valence-electron chi connectivity index (χ4n) is 3.63. The van der Waals surface area contributed by atoms with Crippen LogP contribution in [0.1, 0.15) is 22.0 Å². The quantitative estimate of drug-likeness (QED) is 0.421. The molecular weight excluding hydrogens is 430 g/mol. The first-order valence-corrected chi connectivity index (χ1v) is 9.80. The maximum atomic E-state index is 13.8. The van der Waals surface area contributed by atoms with Crippen LogP contribution in [-0.2, 0) is 9.53 Å². The molecule has 11 heteroatoms. The molecule has 0 saturated carbocycles. The Morgan fingerprint density at radius 3 is 2.27 bits per heavy atom. The molecule has 2 aromatic carbocycles. The second kappa shape index (κ2) is 8.99. The van der Waals surface area contributed by atoms with E-state index in [1.165, 1.54) is 33.1 Å². The van der Waals surface area contributed by atoms with E-state index in [0.717, 1.165) is 0 Å². The molecule has 2 heterocycles. The SMILES string of the molecule is COC(=O)C1=C(C(=O)c2ccc(OC)cc2)[C@@H](c2cc(OC)ccc2OC)n2nnnc2N1. The maximum absolute atomic E-state index is 13.8. The summed E-state index contributed by atoms with van der Waals surface area (Å²) in [6, 6.07) is 10.8. The van der Waals surface area contributed by atoms with Crippen LogP contribution < -0.4 is 19.5 Å². The largest absolute Gasteiger partial charge is 0.497 e. The molecule has 0 aliphatic carbocycles. The van der Waals surface area contributed by atoms with Gasteiger partial charge in [0, 0.05) is 11.1 Å². The molecule has 0 unspecified atom stereocenters. The predicted octanol–water partition coefficient (Wildman–Crippen LogP) is 2.02. The molecule has 170 valence electrons. The van der Waals surface area contributed by atoms with Crippen molar-refractivity contribution in [3.05, 3.63) is 64.9 Å². The molecule has 1 aromatic heterocycles. The van der Waals surface area contributed by atoms with Crippen LogP contribution in [0.15, 0.2) is 53.7 Å². The summed E-state index contributed by atoms with van der Waals surface area (Å²) in [6.07, 6.45) is 0. The zero-order valence-electron chi connectivity index (χ0n) is 18.4. The molecule has 1 aliphatic heterocycles. The first-order valence-electron chi connectivity index (χ1n) is 9.80. The number of benzene rings is 2. The van der Waals surface area contributed by atoms with E-state index in [9.17, 15) is 9.59 Å². The van der Waals surface area contributed by atoms with E-state index < -0.39 is 17.8 Å². The number of tetrazole rings is 1. The number of carbonyl (C=O) groups is 2. The van der Waals surface area contributed by atoms with Crippen LogP contribution in [-0.4, -0.2) is 60.4 Å². The van der Waals surface area contributed by atoms with Gasteiger partial charge in [-0.15, -0.1) is 0 Å². The molecular formula is C22H21N5O6. The van der Waals surface area contributed by atoms with E-state index in [1.54, 1.807) is 42.5 Å². The van der Waals surface area contributed by atoms with Crippen molar-refractivity contribution < 1.29 is 28.5 Å². The first-order chi connectivity index (χ1) is 16.0. The lowest BCUT2D eigenvalue weighted by atomic mass is 9.88. The fraction of sp³-hybridized carbons (Fsp3) is 0.227. The van der Waals surface area contributed by atoms with Gasteiger partial charge in [-0.3, -0.25) is 4.79 Å². The van der Waals surface area contributed by atoms with Crippen molar-refractivity contribution in [3.8, 4) is 17.2 Å². The van der Waals surface area contributed by atoms with Gasteiger partial charge in [0.25, 0.3) is 0 Å². The number of hydrogen-bond acceptors (Lipinski definition) is 10. The Kier molecular flexibility index (Phi) is 5.94. The minimum absolute atomic E-state index is 0.0736. The Labute approximate surface area is 188 Å². The van der Waals surface area contributed by atoms with Crippen molar-refractivity contribution in [2.75, 3.05) is 33.8 Å². The van der Waals surface area contributed by atoms with Gasteiger partial charge in [-0.25, -0.2) is 4.79 Å². The number of hydrogen-bond donors (Lipinski definition) is 1. The minimum Gasteiger partial charge on any atom is -0.497 e. The summed E-state index contributed by atoms with van der Waals surface area (Å²) >= 11 is 0. The molecule has 0 fully saturated rings. The van der Waals surface area contributed by atoms with E-state index in [2.05, 4.69) is 20.8 Å². The summed E-state index contributed by atoms with van der Waals surface area (Å²) < 4.78 is 22.5. The van der Waals surface area contributed by atoms with Crippen LogP contribution in [0.25, 0.3) is 0 Å². The number of aromatic nitrogens is 4. The van der Waals surface area contributed by atoms with Crippen LogP contribution in [0.2, 0.25) is 0 Å². The Hall–Kier alpha value is -4.41. The number of nitrogens with one attached hydrogen (secondary N) is 1. The number of esters is 1. The molecule has 33 heavy (non-hydrogen) atoms. The number of Topliss-reactive ketones (excluding diaryl/α,β-unsaturated/α-hetero) is 1. The summed E-state index contributed by atoms with van der Waals surface area (Å²) in [5.74, 6) is 0.554. The Morgan fingerprint density at radius 2 is 1.64 bits per heavy atom. The summed E-state index contributed by atoms with van der Waals surface area (Å²) in [6.45, 7) is 0. The highest BCUT2D eigenvalue weighted by Gasteiger charge is 2.40. The van der Waals surface area contributed by atoms with Gasteiger partial charge in [-0.2, -0.15) is 4.68 Å². The second-order valence-corrected chi connectivity index (χ2v) is 6.92. The number of rotatable bonds is 7. The van der Waals surface area contributed by atoms with Crippen molar-refractivity contribution in [2.45, 2.75) is 6.04 Å². The first kappa shape index (κ1) is 21.8. The van der Waals surface area contributed by atoms with Crippen molar-refractivity contribution >= 4 is 17.7 Å². The third kappa shape index (κ3) is 3.84. The lowest BCUT2D eigenvalue weighted by molar-refractivity contribution is -0.136. The van der Waals surface area contributed by atoms with Crippen molar-refractivity contribution in [1.82, 2.24) is 20.2 Å². The van der Waals surface area contributed by atoms with Gasteiger partial charge in [-0.05, 0) is 52.9 Å². The number of ether oxygens (including phenoxy) is 4. The second-order valence-electron chi connectivity index (χ2n) is 6.92. The van der Waals surface area contributed by atoms with Crippen LogP contribution in [0.4, 0.5) is 5.95 Å². The van der Waals surface area contributed by atoms with Crippen LogP contribution >= 0.6 is 0 Å². The maximum Gasteiger partial charge on any atom is 0.355 e. The van der Waals surface area contributed by atoms with Crippen LogP contribution in [0.3, 0.4) is 0 Å². The normalized spacial score (nSPS) is 14.7. The van der Waals surface area contributed by atoms with Gasteiger partial charge in [0.15, 0.2) is 5.78 Å². The third-order valence-corrected chi connectivity index (χ3v) is 5.23. The van der Waals surface area contributed by atoms with Crippen molar-refractivity contribution in [3.63, 3.8) is 0 Å². The van der Waals surface area contributed by atoms with Crippen molar-refractivity contribution in [2.24, 2.45) is 0 Å². The van der Waals surface area contributed by atoms with E-state index in [1.807, 2.05) is 0 Å². The van der Waals surface area contributed by atoms with Gasteiger partial charge in [0.1, 0.15) is 29.0 Å². The van der Waals surface area contributed by atoms with Crippen LogP contribution in [0.5, 0.6) is 17.2 Å². The molecule has 0 amide bonds. The average molecular weight is 451 g/mol. The minimum atomic E-state index is -0.912. The lowest BCUT2D eigenvalue weighted by Gasteiger charge is -2.29. The average Bonchev–Trinajstić information content (AvgIpc) is 3.34. The molecule has 0 spiro atoms. The van der Waals surface area contributed by atoms with Gasteiger partial charge >= 0.3 is 5.97 Å². The smallest absolute Gasteiger partial charge is 0.355 e. The number of carbonyl (C=O) groups excluding carboxylic acids is 2. The fourth-order valence-corrected chi connectivity index (χ4v) is 3.63. The summed E-state index contributed by atoms with van der Waals surface area (Å²) in [7, 11) is 5.79. The van der Waals surface area contributed by atoms with Crippen LogP contribution in [0, 0.1) is 0 Å². The Bertz CT molecular complexity index is 1230. The molecule has 0 saturated heterocycles. The molecule has 0 bridgehead atoms. The number of nitrogens with zero attached hydrogens (tertiary/aromatic N) is 4. The van der Waals surface area contributed by atoms with Gasteiger partial charge in [-0.1, -0.05) is 5.10 Å². The third-order valence-electron chi connectivity index (χ3n) is 5.23. The summed E-state index contributed by atoms with van der Waals surface area (Å²) in [4.78, 5) is 26.6. The highest BCUT2D eigenvalue weighted by molar-refractivity contribution is 6.15.